The number of rotatable bonds is 6. The quantitative estimate of drug-likeness (QED) is 0.867. The lowest BCUT2D eigenvalue weighted by Gasteiger charge is -2.15. The molecule has 3 nitrogen and oxygen atoms in total. The Morgan fingerprint density at radius 3 is 2.78 bits per heavy atom. The van der Waals surface area contributed by atoms with Crippen molar-refractivity contribution < 1.29 is 0 Å². The molecule has 0 saturated heterocycles. The third-order valence-electron chi connectivity index (χ3n) is 2.97. The van der Waals surface area contributed by atoms with Gasteiger partial charge in [0.15, 0.2) is 0 Å². The van der Waals surface area contributed by atoms with E-state index in [9.17, 15) is 0 Å². The first-order valence-corrected chi connectivity index (χ1v) is 7.36. The molecule has 0 aromatic carbocycles. The molecule has 0 aliphatic rings. The minimum Gasteiger partial charge on any atom is -0.306 e. The van der Waals surface area contributed by atoms with E-state index >= 15 is 0 Å². The molecule has 0 aliphatic carbocycles. The van der Waals surface area contributed by atoms with Gasteiger partial charge in [-0.3, -0.25) is 4.68 Å². The zero-order valence-electron chi connectivity index (χ0n) is 11.3. The van der Waals surface area contributed by atoms with Crippen molar-refractivity contribution in [2.24, 2.45) is 7.05 Å². The number of aryl methyl sites for hydroxylation is 2. The highest BCUT2D eigenvalue weighted by atomic mass is 32.1. The van der Waals surface area contributed by atoms with Crippen molar-refractivity contribution >= 4 is 11.3 Å². The number of hydrogen-bond donors (Lipinski definition) is 1. The standard InChI is InChI=1S/C14H21N3S/c1-4-8-15-14(11-9-16-17(3)10-11)13-7-6-12(5-2)18-13/h6-7,9-10,14-15H,4-5,8H2,1-3H3. The van der Waals surface area contributed by atoms with E-state index in [0.717, 1.165) is 19.4 Å². The SMILES string of the molecule is CCCNC(c1cnn(C)c1)c1ccc(CC)s1. The fourth-order valence-corrected chi connectivity index (χ4v) is 3.06. The molecule has 0 amide bonds. The molecule has 0 bridgehead atoms. The summed E-state index contributed by atoms with van der Waals surface area (Å²) in [4.78, 5) is 2.82. The molecule has 2 rings (SSSR count). The van der Waals surface area contributed by atoms with Crippen molar-refractivity contribution in [3.05, 3.63) is 39.8 Å². The first-order valence-electron chi connectivity index (χ1n) is 6.55. The summed E-state index contributed by atoms with van der Waals surface area (Å²) in [6.45, 7) is 5.42. The Balaban J connectivity index is 2.24. The fourth-order valence-electron chi connectivity index (χ4n) is 2.00. The Morgan fingerprint density at radius 2 is 2.22 bits per heavy atom. The van der Waals surface area contributed by atoms with Crippen molar-refractivity contribution in [1.82, 2.24) is 15.1 Å². The first kappa shape index (κ1) is 13.3. The van der Waals surface area contributed by atoms with Gasteiger partial charge < -0.3 is 5.32 Å². The lowest BCUT2D eigenvalue weighted by Crippen LogP contribution is -2.22. The van der Waals surface area contributed by atoms with Crippen LogP contribution in [0.3, 0.4) is 0 Å². The predicted molar refractivity (Wildman–Crippen MR) is 77.0 cm³/mol. The fraction of sp³-hybridized carbons (Fsp3) is 0.500. The van der Waals surface area contributed by atoms with Gasteiger partial charge in [0.05, 0.1) is 12.2 Å². The van der Waals surface area contributed by atoms with E-state index in [-0.39, 0.29) is 6.04 Å². The molecule has 4 heteroatoms. The second-order valence-corrected chi connectivity index (χ2v) is 5.69. The summed E-state index contributed by atoms with van der Waals surface area (Å²) in [5.74, 6) is 0. The molecule has 2 aromatic rings. The first-order chi connectivity index (χ1) is 8.74. The Hall–Kier alpha value is -1.13. The number of thiophene rings is 1. The van der Waals surface area contributed by atoms with Crippen molar-refractivity contribution in [2.45, 2.75) is 32.7 Å². The third-order valence-corrected chi connectivity index (χ3v) is 4.27. The molecule has 0 saturated carbocycles. The van der Waals surface area contributed by atoms with Gasteiger partial charge >= 0.3 is 0 Å². The Bertz CT molecular complexity index is 487. The van der Waals surface area contributed by atoms with Crippen molar-refractivity contribution in [3.8, 4) is 0 Å². The van der Waals surface area contributed by atoms with Gasteiger partial charge in [0.2, 0.25) is 0 Å². The van der Waals surface area contributed by atoms with Crippen LogP contribution in [0.5, 0.6) is 0 Å². The van der Waals surface area contributed by atoms with Gasteiger partial charge in [-0.15, -0.1) is 11.3 Å². The topological polar surface area (TPSA) is 29.9 Å². The zero-order chi connectivity index (χ0) is 13.0. The van der Waals surface area contributed by atoms with Crippen LogP contribution in [0.2, 0.25) is 0 Å². The van der Waals surface area contributed by atoms with E-state index in [4.69, 9.17) is 0 Å². The smallest absolute Gasteiger partial charge is 0.0702 e. The van der Waals surface area contributed by atoms with Crippen LogP contribution < -0.4 is 5.32 Å². The van der Waals surface area contributed by atoms with E-state index in [1.165, 1.54) is 15.3 Å². The molecule has 98 valence electrons. The van der Waals surface area contributed by atoms with Gasteiger partial charge in [-0.2, -0.15) is 5.10 Å². The highest BCUT2D eigenvalue weighted by Gasteiger charge is 2.16. The molecule has 2 heterocycles. The summed E-state index contributed by atoms with van der Waals surface area (Å²) >= 11 is 1.90. The number of nitrogens with one attached hydrogen (secondary N) is 1. The van der Waals surface area contributed by atoms with E-state index in [0.29, 0.717) is 0 Å². The highest BCUT2D eigenvalue weighted by molar-refractivity contribution is 7.12. The molecule has 0 fully saturated rings. The zero-order valence-corrected chi connectivity index (χ0v) is 12.1. The van der Waals surface area contributed by atoms with Gasteiger partial charge in [-0.1, -0.05) is 13.8 Å². The van der Waals surface area contributed by atoms with E-state index in [1.807, 2.05) is 29.3 Å². The van der Waals surface area contributed by atoms with Crippen LogP contribution >= 0.6 is 11.3 Å². The maximum atomic E-state index is 4.28. The summed E-state index contributed by atoms with van der Waals surface area (Å²) in [6, 6.07) is 4.75. The van der Waals surface area contributed by atoms with Crippen LogP contribution in [0.4, 0.5) is 0 Å². The second-order valence-electron chi connectivity index (χ2n) is 4.49. The van der Waals surface area contributed by atoms with Gasteiger partial charge in [-0.25, -0.2) is 0 Å². The maximum absolute atomic E-state index is 4.28. The van der Waals surface area contributed by atoms with Crippen LogP contribution in [0.15, 0.2) is 24.5 Å². The Labute approximate surface area is 113 Å². The highest BCUT2D eigenvalue weighted by Crippen LogP contribution is 2.28. The maximum Gasteiger partial charge on any atom is 0.0702 e. The molecular weight excluding hydrogens is 242 g/mol. The van der Waals surface area contributed by atoms with E-state index in [1.54, 1.807) is 0 Å². The number of hydrogen-bond acceptors (Lipinski definition) is 3. The van der Waals surface area contributed by atoms with Gasteiger partial charge in [0, 0.05) is 28.6 Å². The summed E-state index contributed by atoms with van der Waals surface area (Å²) in [7, 11) is 1.96. The molecule has 1 atom stereocenters. The average Bonchev–Trinajstić information content (AvgIpc) is 2.99. The van der Waals surface area contributed by atoms with Crippen LogP contribution in [0.1, 0.15) is 41.6 Å². The molecule has 0 aliphatic heterocycles. The minimum absolute atomic E-state index is 0.281. The largest absolute Gasteiger partial charge is 0.306 e. The lowest BCUT2D eigenvalue weighted by molar-refractivity contribution is 0.605. The van der Waals surface area contributed by atoms with Crippen LogP contribution in [0, 0.1) is 0 Å². The monoisotopic (exact) mass is 263 g/mol. The molecule has 2 aromatic heterocycles. The van der Waals surface area contributed by atoms with Crippen LogP contribution in [-0.2, 0) is 13.5 Å². The van der Waals surface area contributed by atoms with Crippen molar-refractivity contribution in [3.63, 3.8) is 0 Å². The summed E-state index contributed by atoms with van der Waals surface area (Å²) in [6.07, 6.45) is 6.30. The average molecular weight is 263 g/mol. The molecule has 1 unspecified atom stereocenters. The van der Waals surface area contributed by atoms with Crippen LogP contribution in [-0.4, -0.2) is 16.3 Å². The van der Waals surface area contributed by atoms with Crippen molar-refractivity contribution in [1.29, 1.82) is 0 Å². The summed E-state index contributed by atoms with van der Waals surface area (Å²) < 4.78 is 1.87. The molecule has 1 N–H and O–H groups in total. The summed E-state index contributed by atoms with van der Waals surface area (Å²) in [5, 5.41) is 7.89. The number of aromatic nitrogens is 2. The lowest BCUT2D eigenvalue weighted by atomic mass is 10.1. The van der Waals surface area contributed by atoms with Gasteiger partial charge in [0.25, 0.3) is 0 Å². The summed E-state index contributed by atoms with van der Waals surface area (Å²) in [5.41, 5.74) is 1.25. The number of nitrogens with zero attached hydrogens (tertiary/aromatic N) is 2. The molecule has 0 spiro atoms. The predicted octanol–water partition coefficient (Wildman–Crippen LogP) is 3.13. The van der Waals surface area contributed by atoms with Gasteiger partial charge in [0.1, 0.15) is 0 Å². The second kappa shape index (κ2) is 6.16. The Morgan fingerprint density at radius 1 is 1.39 bits per heavy atom. The third kappa shape index (κ3) is 3.00. The minimum atomic E-state index is 0.281. The molecule has 0 radical (unpaired) electrons. The molecular formula is C14H21N3S. The van der Waals surface area contributed by atoms with Crippen LogP contribution in [0.25, 0.3) is 0 Å². The van der Waals surface area contributed by atoms with Gasteiger partial charge in [-0.05, 0) is 31.5 Å². The normalized spacial score (nSPS) is 12.8. The Kier molecular flexibility index (Phi) is 4.55. The van der Waals surface area contributed by atoms with E-state index in [2.05, 4.69) is 42.6 Å². The molecule has 18 heavy (non-hydrogen) atoms. The van der Waals surface area contributed by atoms with Crippen molar-refractivity contribution in [2.75, 3.05) is 6.54 Å². The van der Waals surface area contributed by atoms with E-state index < -0.39 is 0 Å².